The zero-order chi connectivity index (χ0) is 8.36. The number of hydrogen-bond donors (Lipinski definition) is 0. The summed E-state index contributed by atoms with van der Waals surface area (Å²) in [5.74, 6) is 0. The predicted octanol–water partition coefficient (Wildman–Crippen LogP) is 1.87. The molecule has 0 spiro atoms. The van der Waals surface area contributed by atoms with Gasteiger partial charge in [-0.3, -0.25) is 0 Å². The van der Waals surface area contributed by atoms with Gasteiger partial charge >= 0.3 is 6.18 Å². The first-order chi connectivity index (χ1) is 4.34. The molecule has 0 saturated carbocycles. The molecule has 0 radical (unpaired) electrons. The van der Waals surface area contributed by atoms with Crippen molar-refractivity contribution in [3.05, 3.63) is 0 Å². The van der Waals surface area contributed by atoms with Gasteiger partial charge in [-0.05, 0) is 14.1 Å². The average Bonchev–Trinajstić information content (AvgIpc) is 1.60. The van der Waals surface area contributed by atoms with Crippen LogP contribution in [0.2, 0.25) is 0 Å². The van der Waals surface area contributed by atoms with Gasteiger partial charge in [0.15, 0.2) is 0 Å². The molecule has 1 unspecified atom stereocenters. The highest BCUT2D eigenvalue weighted by Gasteiger charge is 2.37. The summed E-state index contributed by atoms with van der Waals surface area (Å²) in [6.45, 7) is -0.0243. The lowest BCUT2D eigenvalue weighted by molar-refractivity contribution is -0.129. The molecule has 1 nitrogen and oxygen atoms in total. The summed E-state index contributed by atoms with van der Waals surface area (Å²) >= 11 is 2.53. The molecule has 0 amide bonds. The fourth-order valence-corrected chi connectivity index (χ4v) is 1.00. The van der Waals surface area contributed by atoms with Gasteiger partial charge in [0.25, 0.3) is 0 Å². The minimum Gasteiger partial charge on any atom is -0.308 e. The van der Waals surface area contributed by atoms with E-state index < -0.39 is 11.0 Å². The lowest BCUT2D eigenvalue weighted by Crippen LogP contribution is -2.33. The Morgan fingerprint density at radius 1 is 1.40 bits per heavy atom. The van der Waals surface area contributed by atoms with Crippen molar-refractivity contribution >= 4 is 15.9 Å². The number of nitrogens with zero attached hydrogens (tertiary/aromatic N) is 1. The zero-order valence-electron chi connectivity index (χ0n) is 5.74. The quantitative estimate of drug-likeness (QED) is 0.642. The fourth-order valence-electron chi connectivity index (χ4n) is 0.424. The van der Waals surface area contributed by atoms with Crippen LogP contribution in [-0.4, -0.2) is 36.5 Å². The van der Waals surface area contributed by atoms with E-state index in [4.69, 9.17) is 0 Å². The lowest BCUT2D eigenvalue weighted by atomic mass is 10.4. The molecule has 1 atom stereocenters. The van der Waals surface area contributed by atoms with Gasteiger partial charge in [-0.2, -0.15) is 13.2 Å². The van der Waals surface area contributed by atoms with Crippen LogP contribution in [-0.2, 0) is 0 Å². The molecule has 10 heavy (non-hydrogen) atoms. The van der Waals surface area contributed by atoms with E-state index in [1.807, 2.05) is 0 Å². The Morgan fingerprint density at radius 3 is 1.90 bits per heavy atom. The van der Waals surface area contributed by atoms with Crippen molar-refractivity contribution in [2.24, 2.45) is 0 Å². The molecule has 0 aromatic carbocycles. The first kappa shape index (κ1) is 10.2. The maximum absolute atomic E-state index is 11.7. The van der Waals surface area contributed by atoms with E-state index in [0.29, 0.717) is 0 Å². The second kappa shape index (κ2) is 3.57. The number of halogens is 4. The van der Waals surface area contributed by atoms with E-state index in [1.165, 1.54) is 4.90 Å². The van der Waals surface area contributed by atoms with Crippen molar-refractivity contribution in [1.82, 2.24) is 4.90 Å². The van der Waals surface area contributed by atoms with Gasteiger partial charge < -0.3 is 4.90 Å². The predicted molar refractivity (Wildman–Crippen MR) is 37.3 cm³/mol. The highest BCUT2D eigenvalue weighted by Crippen LogP contribution is 2.26. The van der Waals surface area contributed by atoms with Crippen LogP contribution in [0, 0.1) is 0 Å². The Hall–Kier alpha value is 0.230. The average molecular weight is 220 g/mol. The van der Waals surface area contributed by atoms with E-state index in [1.54, 1.807) is 14.1 Å². The van der Waals surface area contributed by atoms with Crippen molar-refractivity contribution in [2.75, 3.05) is 20.6 Å². The standard InChI is InChI=1S/C5H9BrF3N/c1-10(2)3-4(6)5(7,8)9/h4H,3H2,1-2H3. The van der Waals surface area contributed by atoms with Crippen molar-refractivity contribution in [1.29, 1.82) is 0 Å². The van der Waals surface area contributed by atoms with Crippen molar-refractivity contribution in [3.8, 4) is 0 Å². The monoisotopic (exact) mass is 219 g/mol. The summed E-state index contributed by atoms with van der Waals surface area (Å²) in [7, 11) is 3.19. The smallest absolute Gasteiger partial charge is 0.308 e. The molecular formula is C5H9BrF3N. The molecule has 0 aliphatic rings. The maximum atomic E-state index is 11.7. The van der Waals surface area contributed by atoms with Gasteiger partial charge in [0.05, 0.1) is 0 Å². The van der Waals surface area contributed by atoms with Crippen LogP contribution in [0.15, 0.2) is 0 Å². The summed E-state index contributed by atoms with van der Waals surface area (Å²) in [5, 5.41) is 0. The molecule has 0 fully saturated rings. The summed E-state index contributed by atoms with van der Waals surface area (Å²) < 4.78 is 35.2. The van der Waals surface area contributed by atoms with Crippen molar-refractivity contribution < 1.29 is 13.2 Å². The summed E-state index contributed by atoms with van der Waals surface area (Å²) in [5.41, 5.74) is 0. The Labute approximate surface area is 66.3 Å². The van der Waals surface area contributed by atoms with Gasteiger partial charge in [-0.1, -0.05) is 15.9 Å². The van der Waals surface area contributed by atoms with Crippen LogP contribution in [0.4, 0.5) is 13.2 Å². The Bertz CT molecular complexity index is 102. The lowest BCUT2D eigenvalue weighted by Gasteiger charge is -2.17. The SMILES string of the molecule is CN(C)CC(Br)C(F)(F)F. The normalized spacial score (nSPS) is 15.9. The Balaban J connectivity index is 3.73. The van der Waals surface area contributed by atoms with Crippen LogP contribution in [0.5, 0.6) is 0 Å². The third kappa shape index (κ3) is 4.11. The minimum absolute atomic E-state index is 0.0243. The van der Waals surface area contributed by atoms with Crippen LogP contribution in [0.3, 0.4) is 0 Å². The second-order valence-electron chi connectivity index (χ2n) is 2.27. The topological polar surface area (TPSA) is 3.24 Å². The molecule has 0 aromatic rings. The molecule has 0 rings (SSSR count). The largest absolute Gasteiger partial charge is 0.402 e. The summed E-state index contributed by atoms with van der Waals surface area (Å²) in [6, 6.07) is 0. The summed E-state index contributed by atoms with van der Waals surface area (Å²) in [4.78, 5) is 0.0578. The van der Waals surface area contributed by atoms with E-state index >= 15 is 0 Å². The molecular weight excluding hydrogens is 211 g/mol. The molecule has 0 N–H and O–H groups in total. The molecule has 5 heteroatoms. The second-order valence-corrected chi connectivity index (χ2v) is 3.38. The fraction of sp³-hybridized carbons (Fsp3) is 1.00. The Morgan fingerprint density at radius 2 is 1.80 bits per heavy atom. The van der Waals surface area contributed by atoms with Gasteiger partial charge in [-0.15, -0.1) is 0 Å². The highest BCUT2D eigenvalue weighted by atomic mass is 79.9. The zero-order valence-corrected chi connectivity index (χ0v) is 7.33. The number of hydrogen-bond acceptors (Lipinski definition) is 1. The molecule has 0 heterocycles. The highest BCUT2D eigenvalue weighted by molar-refractivity contribution is 9.09. The third-order valence-electron chi connectivity index (χ3n) is 0.881. The minimum atomic E-state index is -4.13. The maximum Gasteiger partial charge on any atom is 0.402 e. The van der Waals surface area contributed by atoms with Gasteiger partial charge in [0.2, 0.25) is 0 Å². The van der Waals surface area contributed by atoms with Gasteiger partial charge in [0, 0.05) is 6.54 Å². The van der Waals surface area contributed by atoms with E-state index in [-0.39, 0.29) is 6.54 Å². The van der Waals surface area contributed by atoms with Gasteiger partial charge in [0.1, 0.15) is 4.83 Å². The van der Waals surface area contributed by atoms with Crippen LogP contribution >= 0.6 is 15.9 Å². The third-order valence-corrected chi connectivity index (χ3v) is 1.69. The Kier molecular flexibility index (Phi) is 3.65. The first-order valence-corrected chi connectivity index (χ1v) is 3.61. The molecule has 0 bridgehead atoms. The molecule has 62 valence electrons. The van der Waals surface area contributed by atoms with Crippen molar-refractivity contribution in [2.45, 2.75) is 11.0 Å². The van der Waals surface area contributed by atoms with Crippen molar-refractivity contribution in [3.63, 3.8) is 0 Å². The van der Waals surface area contributed by atoms with E-state index in [9.17, 15) is 13.2 Å². The van der Waals surface area contributed by atoms with Gasteiger partial charge in [-0.25, -0.2) is 0 Å². The van der Waals surface area contributed by atoms with E-state index in [0.717, 1.165) is 0 Å². The molecule has 0 aliphatic carbocycles. The first-order valence-electron chi connectivity index (χ1n) is 2.69. The summed E-state index contributed by atoms with van der Waals surface area (Å²) in [6.07, 6.45) is -4.13. The number of alkyl halides is 4. The molecule has 0 saturated heterocycles. The molecule has 0 aliphatic heterocycles. The molecule has 0 aromatic heterocycles. The number of rotatable bonds is 2. The van der Waals surface area contributed by atoms with Crippen LogP contribution < -0.4 is 0 Å². The van der Waals surface area contributed by atoms with Crippen LogP contribution in [0.25, 0.3) is 0 Å². The van der Waals surface area contributed by atoms with Crippen LogP contribution in [0.1, 0.15) is 0 Å². The van der Waals surface area contributed by atoms with E-state index in [2.05, 4.69) is 15.9 Å².